The van der Waals surface area contributed by atoms with Crippen molar-refractivity contribution in [2.75, 3.05) is 0 Å². The number of allylic oxidation sites excluding steroid dienone is 1. The van der Waals surface area contributed by atoms with Gasteiger partial charge in [-0.3, -0.25) is 0 Å². The van der Waals surface area contributed by atoms with E-state index in [2.05, 4.69) is 64.7 Å². The number of ether oxygens (including phenoxy) is 1. The van der Waals surface area contributed by atoms with E-state index in [-0.39, 0.29) is 24.4 Å². The molecular weight excluding hydrogens is 313 g/mol. The molecule has 1 aromatic heterocycles. The average Bonchev–Trinajstić information content (AvgIpc) is 2.76. The molecule has 0 radical (unpaired) electrons. The van der Waals surface area contributed by atoms with Crippen molar-refractivity contribution in [3.05, 3.63) is 35.4 Å². The second kappa shape index (κ2) is 6.77. The van der Waals surface area contributed by atoms with Crippen LogP contribution in [0.3, 0.4) is 0 Å². The van der Waals surface area contributed by atoms with Gasteiger partial charge in [-0.1, -0.05) is 19.9 Å². The normalized spacial score (nSPS) is 25.2. The van der Waals surface area contributed by atoms with E-state index in [1.807, 2.05) is 6.20 Å². The van der Waals surface area contributed by atoms with Crippen molar-refractivity contribution < 1.29 is 14.0 Å². The highest BCUT2D eigenvalue weighted by atomic mass is 16.7. The van der Waals surface area contributed by atoms with Crippen LogP contribution in [-0.4, -0.2) is 29.4 Å². The minimum absolute atomic E-state index is 0.168. The molecule has 1 aliphatic heterocycles. The van der Waals surface area contributed by atoms with Crippen LogP contribution in [0.2, 0.25) is 0 Å². The van der Waals surface area contributed by atoms with Gasteiger partial charge in [-0.15, -0.1) is 0 Å². The fourth-order valence-corrected chi connectivity index (χ4v) is 3.17. The molecule has 5 heteroatoms. The van der Waals surface area contributed by atoms with E-state index in [1.54, 1.807) is 0 Å². The second-order valence-electron chi connectivity index (χ2n) is 8.46. The molecule has 0 spiro atoms. The van der Waals surface area contributed by atoms with E-state index in [9.17, 15) is 0 Å². The summed E-state index contributed by atoms with van der Waals surface area (Å²) >= 11 is 0. The monoisotopic (exact) mass is 343 g/mol. The zero-order valence-corrected chi connectivity index (χ0v) is 16.3. The van der Waals surface area contributed by atoms with Crippen LogP contribution in [-0.2, 0) is 9.31 Å². The Labute approximate surface area is 152 Å². The van der Waals surface area contributed by atoms with Crippen LogP contribution in [0.4, 0.5) is 0 Å². The van der Waals surface area contributed by atoms with Crippen molar-refractivity contribution in [1.82, 2.24) is 4.98 Å². The topological polar surface area (TPSA) is 40.6 Å². The zero-order valence-electron chi connectivity index (χ0n) is 16.3. The molecule has 1 unspecified atom stereocenters. The summed E-state index contributed by atoms with van der Waals surface area (Å²) in [5, 5.41) is 0. The molecule has 0 bridgehead atoms. The van der Waals surface area contributed by atoms with Gasteiger partial charge in [-0.05, 0) is 63.6 Å². The third-order valence-electron chi connectivity index (χ3n) is 5.67. The number of hydrogen-bond donors (Lipinski definition) is 0. The minimum Gasteiger partial charge on any atom is -0.474 e. The van der Waals surface area contributed by atoms with Gasteiger partial charge in [0.25, 0.3) is 0 Å². The van der Waals surface area contributed by atoms with Gasteiger partial charge < -0.3 is 14.0 Å². The maximum absolute atomic E-state index is 6.16. The Balaban J connectivity index is 1.61. The third kappa shape index (κ3) is 3.93. The van der Waals surface area contributed by atoms with Crippen molar-refractivity contribution >= 4 is 7.12 Å². The number of aromatic nitrogens is 1. The number of hydrogen-bond acceptors (Lipinski definition) is 4. The Morgan fingerprint density at radius 2 is 1.88 bits per heavy atom. The average molecular weight is 343 g/mol. The van der Waals surface area contributed by atoms with Crippen LogP contribution in [0, 0.1) is 0 Å². The second-order valence-corrected chi connectivity index (χ2v) is 8.46. The van der Waals surface area contributed by atoms with Gasteiger partial charge in [-0.2, -0.15) is 0 Å². The molecule has 4 nitrogen and oxygen atoms in total. The van der Waals surface area contributed by atoms with Crippen LogP contribution >= 0.6 is 0 Å². The number of nitrogens with zero attached hydrogens (tertiary/aromatic N) is 1. The van der Waals surface area contributed by atoms with Gasteiger partial charge in [-0.25, -0.2) is 4.98 Å². The summed E-state index contributed by atoms with van der Waals surface area (Å²) in [6.07, 6.45) is 6.99. The van der Waals surface area contributed by atoms with Gasteiger partial charge in [0, 0.05) is 18.7 Å². The van der Waals surface area contributed by atoms with E-state index >= 15 is 0 Å². The molecule has 0 aromatic carbocycles. The molecule has 2 heterocycles. The SMILES string of the molecule is CC(C)c1ccnc(OC2CC=C(B3OC(C)(C)C(C)(C)O3)CC2)c1. The summed E-state index contributed by atoms with van der Waals surface area (Å²) in [5.41, 5.74) is 1.93. The first kappa shape index (κ1) is 18.5. The molecule has 1 atom stereocenters. The van der Waals surface area contributed by atoms with E-state index in [0.717, 1.165) is 25.1 Å². The lowest BCUT2D eigenvalue weighted by molar-refractivity contribution is 0.00578. The molecule has 0 amide bonds. The molecule has 1 aromatic rings. The maximum atomic E-state index is 6.16. The van der Waals surface area contributed by atoms with Crippen molar-refractivity contribution in [3.8, 4) is 5.88 Å². The number of pyridine rings is 1. The molecular formula is C20H30BNO3. The van der Waals surface area contributed by atoms with Crippen LogP contribution in [0.1, 0.15) is 72.3 Å². The van der Waals surface area contributed by atoms with Crippen LogP contribution < -0.4 is 4.74 Å². The Bertz CT molecular complexity index is 638. The highest BCUT2D eigenvalue weighted by Gasteiger charge is 2.52. The summed E-state index contributed by atoms with van der Waals surface area (Å²) in [5.74, 6) is 1.20. The van der Waals surface area contributed by atoms with Gasteiger partial charge in [0.15, 0.2) is 0 Å². The van der Waals surface area contributed by atoms with Gasteiger partial charge in [0.1, 0.15) is 6.10 Å². The first-order chi connectivity index (χ1) is 11.7. The largest absolute Gasteiger partial charge is 0.490 e. The molecule has 1 fully saturated rings. The third-order valence-corrected chi connectivity index (χ3v) is 5.67. The minimum atomic E-state index is -0.285. The first-order valence-electron chi connectivity index (χ1n) is 9.35. The molecule has 0 saturated carbocycles. The maximum Gasteiger partial charge on any atom is 0.490 e. The van der Waals surface area contributed by atoms with E-state index in [0.29, 0.717) is 5.92 Å². The van der Waals surface area contributed by atoms with Crippen molar-refractivity contribution in [2.24, 2.45) is 0 Å². The Kier molecular flexibility index (Phi) is 5.00. The predicted octanol–water partition coefficient (Wildman–Crippen LogP) is 4.69. The predicted molar refractivity (Wildman–Crippen MR) is 101 cm³/mol. The standard InChI is InChI=1S/C20H30BNO3/c1-14(2)15-11-12-22-18(13-15)23-17-9-7-16(8-10-17)21-24-19(3,4)20(5,6)25-21/h7,11-14,17H,8-10H2,1-6H3. The van der Waals surface area contributed by atoms with Crippen molar-refractivity contribution in [3.63, 3.8) is 0 Å². The lowest BCUT2D eigenvalue weighted by Gasteiger charge is -2.32. The zero-order chi connectivity index (χ0) is 18.2. The van der Waals surface area contributed by atoms with Gasteiger partial charge in [0.2, 0.25) is 5.88 Å². The Morgan fingerprint density at radius 1 is 1.20 bits per heavy atom. The Hall–Kier alpha value is -1.33. The molecule has 2 aliphatic rings. The summed E-state index contributed by atoms with van der Waals surface area (Å²) in [6, 6.07) is 4.10. The Morgan fingerprint density at radius 3 is 2.44 bits per heavy atom. The van der Waals surface area contributed by atoms with E-state index in [4.69, 9.17) is 14.0 Å². The van der Waals surface area contributed by atoms with Crippen LogP contribution in [0.5, 0.6) is 5.88 Å². The van der Waals surface area contributed by atoms with Gasteiger partial charge >= 0.3 is 7.12 Å². The summed E-state index contributed by atoms with van der Waals surface area (Å²) in [6.45, 7) is 12.7. The molecule has 1 saturated heterocycles. The fourth-order valence-electron chi connectivity index (χ4n) is 3.17. The van der Waals surface area contributed by atoms with Crippen molar-refractivity contribution in [2.45, 2.75) is 84.0 Å². The van der Waals surface area contributed by atoms with Crippen LogP contribution in [0.15, 0.2) is 29.9 Å². The molecule has 136 valence electrons. The van der Waals surface area contributed by atoms with Gasteiger partial charge in [0.05, 0.1) is 11.2 Å². The lowest BCUT2D eigenvalue weighted by atomic mass is 9.72. The lowest BCUT2D eigenvalue weighted by Crippen LogP contribution is -2.41. The summed E-state index contributed by atoms with van der Waals surface area (Å²) in [4.78, 5) is 4.36. The smallest absolute Gasteiger partial charge is 0.474 e. The fraction of sp³-hybridized carbons (Fsp3) is 0.650. The molecule has 3 rings (SSSR count). The van der Waals surface area contributed by atoms with Crippen molar-refractivity contribution in [1.29, 1.82) is 0 Å². The molecule has 25 heavy (non-hydrogen) atoms. The number of rotatable bonds is 4. The molecule has 0 N–H and O–H groups in total. The van der Waals surface area contributed by atoms with E-state index in [1.165, 1.54) is 11.0 Å². The summed E-state index contributed by atoms with van der Waals surface area (Å²) in [7, 11) is -0.228. The van der Waals surface area contributed by atoms with Crippen LogP contribution in [0.25, 0.3) is 0 Å². The van der Waals surface area contributed by atoms with E-state index < -0.39 is 0 Å². The molecule has 1 aliphatic carbocycles. The highest BCUT2D eigenvalue weighted by molar-refractivity contribution is 6.54. The summed E-state index contributed by atoms with van der Waals surface area (Å²) < 4.78 is 18.4. The first-order valence-corrected chi connectivity index (χ1v) is 9.35. The quantitative estimate of drug-likeness (QED) is 0.744. The highest BCUT2D eigenvalue weighted by Crippen LogP contribution is 2.40.